The molecular formula is C20H20F3N3OS. The van der Waals surface area contributed by atoms with E-state index in [9.17, 15) is 18.0 Å². The Morgan fingerprint density at radius 3 is 2.39 bits per heavy atom. The quantitative estimate of drug-likeness (QED) is 0.652. The number of alkyl halides is 3. The van der Waals surface area contributed by atoms with Crippen molar-refractivity contribution in [2.45, 2.75) is 12.7 Å². The van der Waals surface area contributed by atoms with Crippen molar-refractivity contribution in [1.82, 2.24) is 14.4 Å². The fourth-order valence-electron chi connectivity index (χ4n) is 3.48. The summed E-state index contributed by atoms with van der Waals surface area (Å²) in [4.78, 5) is 17.1. The molecule has 8 heteroatoms. The van der Waals surface area contributed by atoms with E-state index in [2.05, 4.69) is 4.90 Å². The lowest BCUT2D eigenvalue weighted by molar-refractivity contribution is -0.137. The largest absolute Gasteiger partial charge is 0.416 e. The molecule has 0 bridgehead atoms. The number of thiophene rings is 1. The van der Waals surface area contributed by atoms with Crippen LogP contribution in [0.3, 0.4) is 0 Å². The van der Waals surface area contributed by atoms with Crippen LogP contribution in [-0.4, -0.2) is 53.5 Å². The summed E-state index contributed by atoms with van der Waals surface area (Å²) in [6, 6.07) is 8.98. The average Bonchev–Trinajstić information content (AvgIpc) is 3.24. The van der Waals surface area contributed by atoms with E-state index in [-0.39, 0.29) is 5.91 Å². The zero-order valence-corrected chi connectivity index (χ0v) is 16.2. The first-order valence-electron chi connectivity index (χ1n) is 9.03. The van der Waals surface area contributed by atoms with Crippen LogP contribution in [0, 0.1) is 0 Å². The molecule has 1 aliphatic rings. The smallest absolute Gasteiger partial charge is 0.335 e. The molecule has 0 radical (unpaired) electrons. The van der Waals surface area contributed by atoms with Crippen molar-refractivity contribution in [2.24, 2.45) is 0 Å². The first-order chi connectivity index (χ1) is 13.3. The zero-order chi connectivity index (χ0) is 19.9. The Bertz CT molecular complexity index is 982. The molecule has 0 saturated carbocycles. The summed E-state index contributed by atoms with van der Waals surface area (Å²) < 4.78 is 41.3. The number of amides is 1. The standard InChI is InChI=1S/C20H20F3N3OS/c1-24-7-9-25(10-8-24)19(27)17-12-18-16(6-11-28-18)26(17)13-14-2-4-15(5-3-14)20(21,22)23/h2-6,11-12H,7-10,13H2,1H3. The van der Waals surface area contributed by atoms with Crippen LogP contribution in [-0.2, 0) is 12.7 Å². The van der Waals surface area contributed by atoms with Crippen molar-refractivity contribution in [3.05, 3.63) is 58.6 Å². The van der Waals surface area contributed by atoms with Crippen LogP contribution in [0.4, 0.5) is 13.2 Å². The maximum absolute atomic E-state index is 13.1. The molecule has 3 heterocycles. The molecule has 3 aromatic rings. The molecule has 1 saturated heterocycles. The Labute approximate surface area is 164 Å². The highest BCUT2D eigenvalue weighted by Gasteiger charge is 2.30. The molecule has 0 N–H and O–H groups in total. The van der Waals surface area contributed by atoms with E-state index < -0.39 is 11.7 Å². The van der Waals surface area contributed by atoms with E-state index in [0.29, 0.717) is 25.3 Å². The van der Waals surface area contributed by atoms with Crippen LogP contribution >= 0.6 is 11.3 Å². The van der Waals surface area contributed by atoms with Gasteiger partial charge in [0.25, 0.3) is 5.91 Å². The molecule has 4 nitrogen and oxygen atoms in total. The molecule has 0 spiro atoms. The number of carbonyl (C=O) groups is 1. The number of benzene rings is 1. The lowest BCUT2D eigenvalue weighted by Gasteiger charge is -2.32. The number of likely N-dealkylation sites (N-methyl/N-ethyl adjacent to an activating group) is 1. The summed E-state index contributed by atoms with van der Waals surface area (Å²) in [5, 5.41) is 1.96. The normalized spacial score (nSPS) is 16.1. The van der Waals surface area contributed by atoms with Crippen LogP contribution in [0.25, 0.3) is 10.2 Å². The summed E-state index contributed by atoms with van der Waals surface area (Å²) in [7, 11) is 2.03. The summed E-state index contributed by atoms with van der Waals surface area (Å²) in [6.07, 6.45) is -4.35. The van der Waals surface area contributed by atoms with Gasteiger partial charge in [0, 0.05) is 32.7 Å². The van der Waals surface area contributed by atoms with E-state index in [0.717, 1.165) is 41.0 Å². The van der Waals surface area contributed by atoms with Crippen LogP contribution in [0.5, 0.6) is 0 Å². The molecule has 1 aromatic carbocycles. The average molecular weight is 407 g/mol. The summed E-state index contributed by atoms with van der Waals surface area (Å²) >= 11 is 1.55. The molecule has 1 aliphatic heterocycles. The summed E-state index contributed by atoms with van der Waals surface area (Å²) in [5.74, 6) is -0.0246. The first-order valence-corrected chi connectivity index (χ1v) is 9.91. The Morgan fingerprint density at radius 1 is 1.07 bits per heavy atom. The highest BCUT2D eigenvalue weighted by molar-refractivity contribution is 7.17. The molecule has 0 unspecified atom stereocenters. The summed E-state index contributed by atoms with van der Waals surface area (Å²) in [5.41, 5.74) is 1.58. The van der Waals surface area contributed by atoms with Gasteiger partial charge in [-0.3, -0.25) is 4.79 Å². The summed E-state index contributed by atoms with van der Waals surface area (Å²) in [6.45, 7) is 3.37. The van der Waals surface area contributed by atoms with Gasteiger partial charge >= 0.3 is 6.18 Å². The van der Waals surface area contributed by atoms with Gasteiger partial charge in [0.2, 0.25) is 0 Å². The van der Waals surface area contributed by atoms with Crippen LogP contribution in [0.15, 0.2) is 41.8 Å². The Morgan fingerprint density at radius 2 is 1.75 bits per heavy atom. The van der Waals surface area contributed by atoms with E-state index in [1.54, 1.807) is 11.3 Å². The molecule has 1 fully saturated rings. The number of fused-ring (bicyclic) bond motifs is 1. The second-order valence-electron chi connectivity index (χ2n) is 7.08. The number of piperazine rings is 1. The molecular weight excluding hydrogens is 387 g/mol. The van der Waals surface area contributed by atoms with Crippen molar-refractivity contribution in [2.75, 3.05) is 33.2 Å². The third-order valence-electron chi connectivity index (χ3n) is 5.15. The Hall–Kier alpha value is -2.32. The van der Waals surface area contributed by atoms with Gasteiger partial charge in [-0.25, -0.2) is 0 Å². The third-order valence-corrected chi connectivity index (χ3v) is 6.01. The number of hydrogen-bond donors (Lipinski definition) is 0. The van der Waals surface area contributed by atoms with E-state index in [1.165, 1.54) is 12.1 Å². The van der Waals surface area contributed by atoms with Crippen molar-refractivity contribution < 1.29 is 18.0 Å². The Kier molecular flexibility index (Phi) is 4.93. The van der Waals surface area contributed by atoms with Gasteiger partial charge in [0.1, 0.15) is 5.69 Å². The molecule has 1 amide bonds. The van der Waals surface area contributed by atoms with Crippen LogP contribution in [0.1, 0.15) is 21.6 Å². The fourth-order valence-corrected chi connectivity index (χ4v) is 4.30. The molecule has 0 aliphatic carbocycles. The lowest BCUT2D eigenvalue weighted by atomic mass is 10.1. The van der Waals surface area contributed by atoms with Crippen molar-refractivity contribution in [1.29, 1.82) is 0 Å². The molecule has 0 atom stereocenters. The minimum Gasteiger partial charge on any atom is -0.335 e. The number of nitrogens with zero attached hydrogens (tertiary/aromatic N) is 3. The topological polar surface area (TPSA) is 28.5 Å². The predicted molar refractivity (Wildman–Crippen MR) is 104 cm³/mol. The minimum absolute atomic E-state index is 0.0246. The second kappa shape index (κ2) is 7.25. The second-order valence-corrected chi connectivity index (χ2v) is 8.02. The molecule has 148 valence electrons. The van der Waals surface area contributed by atoms with Crippen LogP contribution < -0.4 is 0 Å². The lowest BCUT2D eigenvalue weighted by Crippen LogP contribution is -2.47. The van der Waals surface area contributed by atoms with Crippen molar-refractivity contribution in [3.63, 3.8) is 0 Å². The highest BCUT2D eigenvalue weighted by atomic mass is 32.1. The number of halogens is 3. The molecule has 2 aromatic heterocycles. The van der Waals surface area contributed by atoms with E-state index in [4.69, 9.17) is 0 Å². The van der Waals surface area contributed by atoms with Gasteiger partial charge in [-0.05, 0) is 42.3 Å². The maximum Gasteiger partial charge on any atom is 0.416 e. The number of carbonyl (C=O) groups excluding carboxylic acids is 1. The fraction of sp³-hybridized carbons (Fsp3) is 0.350. The van der Waals surface area contributed by atoms with Gasteiger partial charge < -0.3 is 14.4 Å². The molecule has 28 heavy (non-hydrogen) atoms. The third kappa shape index (κ3) is 3.66. The first kappa shape index (κ1) is 19.0. The maximum atomic E-state index is 13.1. The van der Waals surface area contributed by atoms with Gasteiger partial charge in [0.05, 0.1) is 15.8 Å². The van der Waals surface area contributed by atoms with Gasteiger partial charge in [-0.2, -0.15) is 13.2 Å². The number of rotatable bonds is 3. The number of aromatic nitrogens is 1. The van der Waals surface area contributed by atoms with Gasteiger partial charge in [0.15, 0.2) is 0 Å². The van der Waals surface area contributed by atoms with Crippen molar-refractivity contribution in [3.8, 4) is 0 Å². The van der Waals surface area contributed by atoms with Crippen molar-refractivity contribution >= 4 is 27.5 Å². The minimum atomic E-state index is -4.35. The van der Waals surface area contributed by atoms with E-state index >= 15 is 0 Å². The zero-order valence-electron chi connectivity index (χ0n) is 15.4. The number of hydrogen-bond acceptors (Lipinski definition) is 3. The predicted octanol–water partition coefficient (Wildman–Crippen LogP) is 4.16. The molecule has 4 rings (SSSR count). The Balaban J connectivity index is 1.64. The van der Waals surface area contributed by atoms with Gasteiger partial charge in [-0.15, -0.1) is 11.3 Å². The highest BCUT2D eigenvalue weighted by Crippen LogP contribution is 2.30. The monoisotopic (exact) mass is 407 g/mol. The SMILES string of the molecule is CN1CCN(C(=O)c2cc3sccc3n2Cc2ccc(C(F)(F)F)cc2)CC1. The van der Waals surface area contributed by atoms with E-state index in [1.807, 2.05) is 34.0 Å². The van der Waals surface area contributed by atoms with Gasteiger partial charge in [-0.1, -0.05) is 12.1 Å². The van der Waals surface area contributed by atoms with Crippen LogP contribution in [0.2, 0.25) is 0 Å².